The first-order valence-corrected chi connectivity index (χ1v) is 6.95. The average Bonchev–Trinajstić information content (AvgIpc) is 2.92. The maximum absolute atomic E-state index is 9.94. The van der Waals surface area contributed by atoms with Gasteiger partial charge in [0.15, 0.2) is 0 Å². The SMILES string of the molecule is OC1CCOCC1c1nc(-c2ccc(Cl)c(Cl)c2)no1. The first kappa shape index (κ1) is 13.8. The van der Waals surface area contributed by atoms with Gasteiger partial charge in [-0.05, 0) is 24.6 Å². The van der Waals surface area contributed by atoms with Crippen LogP contribution in [0.1, 0.15) is 18.2 Å². The highest BCUT2D eigenvalue weighted by Crippen LogP contribution is 2.29. The van der Waals surface area contributed by atoms with Crippen molar-refractivity contribution in [1.29, 1.82) is 0 Å². The van der Waals surface area contributed by atoms with Crippen LogP contribution in [-0.4, -0.2) is 34.6 Å². The van der Waals surface area contributed by atoms with Gasteiger partial charge in [-0.2, -0.15) is 4.98 Å². The number of aromatic nitrogens is 2. The predicted molar refractivity (Wildman–Crippen MR) is 73.9 cm³/mol. The molecule has 1 aromatic heterocycles. The summed E-state index contributed by atoms with van der Waals surface area (Å²) in [7, 11) is 0. The van der Waals surface area contributed by atoms with Crippen molar-refractivity contribution in [2.24, 2.45) is 0 Å². The van der Waals surface area contributed by atoms with Crippen LogP contribution in [0.5, 0.6) is 0 Å². The summed E-state index contributed by atoms with van der Waals surface area (Å²) in [4.78, 5) is 4.31. The van der Waals surface area contributed by atoms with E-state index >= 15 is 0 Å². The van der Waals surface area contributed by atoms with Crippen molar-refractivity contribution < 1.29 is 14.4 Å². The first-order valence-electron chi connectivity index (χ1n) is 6.20. The van der Waals surface area contributed by atoms with E-state index in [0.717, 1.165) is 0 Å². The summed E-state index contributed by atoms with van der Waals surface area (Å²) in [6.45, 7) is 0.926. The fourth-order valence-corrected chi connectivity index (χ4v) is 2.40. The minimum atomic E-state index is -0.522. The van der Waals surface area contributed by atoms with Crippen molar-refractivity contribution in [3.05, 3.63) is 34.1 Å². The van der Waals surface area contributed by atoms with Gasteiger partial charge in [0.05, 0.1) is 28.7 Å². The van der Waals surface area contributed by atoms with E-state index in [-0.39, 0.29) is 5.92 Å². The minimum absolute atomic E-state index is 0.284. The van der Waals surface area contributed by atoms with Crippen molar-refractivity contribution in [2.75, 3.05) is 13.2 Å². The molecule has 2 heterocycles. The van der Waals surface area contributed by atoms with Gasteiger partial charge < -0.3 is 14.4 Å². The Hall–Kier alpha value is -1.14. The molecule has 1 saturated heterocycles. The Labute approximate surface area is 125 Å². The molecule has 0 saturated carbocycles. The third-order valence-corrected chi connectivity index (χ3v) is 4.00. The molecule has 0 aliphatic carbocycles. The van der Waals surface area contributed by atoms with E-state index in [1.54, 1.807) is 18.2 Å². The Bertz CT molecular complexity index is 617. The topological polar surface area (TPSA) is 68.4 Å². The van der Waals surface area contributed by atoms with E-state index in [9.17, 15) is 5.11 Å². The molecule has 20 heavy (non-hydrogen) atoms. The lowest BCUT2D eigenvalue weighted by molar-refractivity contribution is -0.0149. The maximum atomic E-state index is 9.94. The summed E-state index contributed by atoms with van der Waals surface area (Å²) >= 11 is 11.8. The number of rotatable bonds is 2. The second-order valence-corrected chi connectivity index (χ2v) is 5.44. The lowest BCUT2D eigenvalue weighted by Gasteiger charge is -2.24. The van der Waals surface area contributed by atoms with Crippen LogP contribution in [0.25, 0.3) is 11.4 Å². The van der Waals surface area contributed by atoms with Gasteiger partial charge in [-0.1, -0.05) is 28.4 Å². The Morgan fingerprint density at radius 1 is 1.25 bits per heavy atom. The molecule has 2 aromatic rings. The van der Waals surface area contributed by atoms with Gasteiger partial charge in [-0.15, -0.1) is 0 Å². The maximum Gasteiger partial charge on any atom is 0.235 e. The van der Waals surface area contributed by atoms with Crippen molar-refractivity contribution in [3.63, 3.8) is 0 Å². The second kappa shape index (κ2) is 5.69. The molecule has 0 radical (unpaired) electrons. The van der Waals surface area contributed by atoms with Gasteiger partial charge in [-0.3, -0.25) is 0 Å². The first-order chi connectivity index (χ1) is 9.65. The fourth-order valence-electron chi connectivity index (χ4n) is 2.10. The smallest absolute Gasteiger partial charge is 0.235 e. The van der Waals surface area contributed by atoms with Crippen molar-refractivity contribution in [2.45, 2.75) is 18.4 Å². The molecular formula is C13H12Cl2N2O3. The highest BCUT2D eigenvalue weighted by Gasteiger charge is 2.30. The van der Waals surface area contributed by atoms with Crippen molar-refractivity contribution in [3.8, 4) is 11.4 Å². The highest BCUT2D eigenvalue weighted by atomic mass is 35.5. The van der Waals surface area contributed by atoms with Crippen LogP contribution in [0.15, 0.2) is 22.7 Å². The van der Waals surface area contributed by atoms with E-state index in [4.69, 9.17) is 32.5 Å². The van der Waals surface area contributed by atoms with Crippen LogP contribution in [-0.2, 0) is 4.74 Å². The van der Waals surface area contributed by atoms with Gasteiger partial charge in [0.2, 0.25) is 11.7 Å². The number of aliphatic hydroxyl groups is 1. The molecule has 1 aliphatic heterocycles. The quantitative estimate of drug-likeness (QED) is 0.923. The molecule has 0 amide bonds. The highest BCUT2D eigenvalue weighted by molar-refractivity contribution is 6.42. The standard InChI is InChI=1S/C13H12Cl2N2O3/c14-9-2-1-7(5-10(9)15)12-16-13(20-17-12)8-6-19-4-3-11(8)18/h1-2,5,8,11,18H,3-4,6H2. The number of halogens is 2. The summed E-state index contributed by atoms with van der Waals surface area (Å²) in [6.07, 6.45) is 0.0423. The van der Waals surface area contributed by atoms with Crippen LogP contribution < -0.4 is 0 Å². The molecule has 1 aliphatic rings. The number of nitrogens with zero attached hydrogens (tertiary/aromatic N) is 2. The molecule has 106 valence electrons. The molecule has 0 bridgehead atoms. The van der Waals surface area contributed by atoms with Gasteiger partial charge >= 0.3 is 0 Å². The fraction of sp³-hybridized carbons (Fsp3) is 0.385. The summed E-state index contributed by atoms with van der Waals surface area (Å²) in [5.41, 5.74) is 0.709. The monoisotopic (exact) mass is 314 g/mol. The zero-order valence-corrected chi connectivity index (χ0v) is 11.9. The second-order valence-electron chi connectivity index (χ2n) is 4.62. The van der Waals surface area contributed by atoms with Gasteiger partial charge in [0.25, 0.3) is 0 Å². The zero-order valence-electron chi connectivity index (χ0n) is 10.4. The molecule has 7 heteroatoms. The molecular weight excluding hydrogens is 303 g/mol. The average molecular weight is 315 g/mol. The molecule has 2 atom stereocenters. The molecule has 0 spiro atoms. The van der Waals surface area contributed by atoms with Crippen molar-refractivity contribution in [1.82, 2.24) is 10.1 Å². The largest absolute Gasteiger partial charge is 0.392 e. The Kier molecular flexibility index (Phi) is 3.94. The summed E-state index contributed by atoms with van der Waals surface area (Å²) in [5.74, 6) is 0.502. The van der Waals surface area contributed by atoms with E-state index < -0.39 is 6.10 Å². The molecule has 1 aromatic carbocycles. The number of hydrogen-bond donors (Lipinski definition) is 1. The van der Waals surface area contributed by atoms with Crippen LogP contribution in [0.3, 0.4) is 0 Å². The number of aliphatic hydroxyl groups excluding tert-OH is 1. The zero-order chi connectivity index (χ0) is 14.1. The van der Waals surface area contributed by atoms with E-state index in [1.165, 1.54) is 0 Å². The summed E-state index contributed by atoms with van der Waals surface area (Å²) < 4.78 is 10.6. The predicted octanol–water partition coefficient (Wildman–Crippen LogP) is 2.91. The normalized spacial score (nSPS) is 22.9. The Balaban J connectivity index is 1.87. The van der Waals surface area contributed by atoms with Gasteiger partial charge in [0.1, 0.15) is 0 Å². The van der Waals surface area contributed by atoms with E-state index in [2.05, 4.69) is 10.1 Å². The summed E-state index contributed by atoms with van der Waals surface area (Å²) in [5, 5.41) is 14.7. The lowest BCUT2D eigenvalue weighted by Crippen LogP contribution is -2.30. The molecule has 2 unspecified atom stereocenters. The van der Waals surface area contributed by atoms with Crippen LogP contribution in [0.2, 0.25) is 10.0 Å². The van der Waals surface area contributed by atoms with Gasteiger partial charge in [-0.25, -0.2) is 0 Å². The molecule has 5 nitrogen and oxygen atoms in total. The number of hydrogen-bond acceptors (Lipinski definition) is 5. The number of ether oxygens (including phenoxy) is 1. The molecule has 1 N–H and O–H groups in total. The van der Waals surface area contributed by atoms with Crippen LogP contribution in [0.4, 0.5) is 0 Å². The van der Waals surface area contributed by atoms with E-state index in [1.807, 2.05) is 0 Å². The van der Waals surface area contributed by atoms with E-state index in [0.29, 0.717) is 47.0 Å². The molecule has 1 fully saturated rings. The van der Waals surface area contributed by atoms with Crippen LogP contribution in [0, 0.1) is 0 Å². The third-order valence-electron chi connectivity index (χ3n) is 3.26. The van der Waals surface area contributed by atoms with Gasteiger partial charge in [0, 0.05) is 12.2 Å². The van der Waals surface area contributed by atoms with Crippen molar-refractivity contribution >= 4 is 23.2 Å². The third kappa shape index (κ3) is 2.67. The Morgan fingerprint density at radius 2 is 2.10 bits per heavy atom. The molecule has 3 rings (SSSR count). The Morgan fingerprint density at radius 3 is 2.85 bits per heavy atom. The summed E-state index contributed by atoms with van der Waals surface area (Å²) in [6, 6.07) is 5.11. The van der Waals surface area contributed by atoms with Crippen LogP contribution >= 0.6 is 23.2 Å². The number of benzene rings is 1. The lowest BCUT2D eigenvalue weighted by atomic mass is 9.99. The minimum Gasteiger partial charge on any atom is -0.392 e.